The number of amides is 1. The Morgan fingerprint density at radius 2 is 2.20 bits per heavy atom. The van der Waals surface area contributed by atoms with Crippen molar-refractivity contribution >= 4 is 28.6 Å². The molecule has 20 heavy (non-hydrogen) atoms. The van der Waals surface area contributed by atoms with Crippen LogP contribution in [0.25, 0.3) is 0 Å². The third-order valence-electron chi connectivity index (χ3n) is 2.82. The molecule has 1 heterocycles. The first-order chi connectivity index (χ1) is 9.47. The predicted octanol–water partition coefficient (Wildman–Crippen LogP) is 2.68. The molecule has 0 atom stereocenters. The molecule has 2 rings (SSSR count). The number of carbonyl (C=O) groups is 1. The number of nitrogens with one attached hydrogen (secondary N) is 1. The lowest BCUT2D eigenvalue weighted by Gasteiger charge is -2.08. The van der Waals surface area contributed by atoms with Crippen LogP contribution < -0.4 is 11.1 Å². The second kappa shape index (κ2) is 5.70. The topological polar surface area (TPSA) is 98.3 Å². The fourth-order valence-corrected chi connectivity index (χ4v) is 2.51. The first-order valence-electron chi connectivity index (χ1n) is 5.83. The number of hydrogen-bond donors (Lipinski definition) is 2. The highest BCUT2D eigenvalue weighted by Gasteiger charge is 2.09. The summed E-state index contributed by atoms with van der Waals surface area (Å²) in [6.07, 6.45) is 0. The number of aryl methyl sites for hydroxylation is 1. The number of rotatable bonds is 5. The number of thiophene rings is 1. The van der Waals surface area contributed by atoms with Gasteiger partial charge in [-0.3, -0.25) is 14.9 Å². The van der Waals surface area contributed by atoms with E-state index in [0.29, 0.717) is 17.8 Å². The molecule has 3 N–H and O–H groups in total. The molecule has 7 heteroatoms. The molecule has 104 valence electrons. The van der Waals surface area contributed by atoms with Crippen LogP contribution in [-0.2, 0) is 6.54 Å². The molecule has 1 aromatic carbocycles. The average Bonchev–Trinajstić information content (AvgIpc) is 2.86. The second-order valence-corrected chi connectivity index (χ2v) is 5.27. The van der Waals surface area contributed by atoms with Gasteiger partial charge >= 0.3 is 0 Å². The highest BCUT2D eigenvalue weighted by atomic mass is 32.1. The molecule has 0 aliphatic carbocycles. The molecule has 0 fully saturated rings. The Morgan fingerprint density at radius 3 is 2.80 bits per heavy atom. The quantitative estimate of drug-likeness (QED) is 0.653. The van der Waals surface area contributed by atoms with Crippen molar-refractivity contribution in [2.75, 3.05) is 5.32 Å². The molecule has 0 saturated heterocycles. The summed E-state index contributed by atoms with van der Waals surface area (Å²) >= 11 is 1.42. The third kappa shape index (κ3) is 3.12. The maximum Gasteiger partial charge on any atom is 0.271 e. The van der Waals surface area contributed by atoms with Gasteiger partial charge in [-0.05, 0) is 18.6 Å². The van der Waals surface area contributed by atoms with Crippen LogP contribution in [0.3, 0.4) is 0 Å². The van der Waals surface area contributed by atoms with Gasteiger partial charge in [-0.2, -0.15) is 0 Å². The Balaban J connectivity index is 2.11. The zero-order chi connectivity index (χ0) is 14.7. The molecule has 0 saturated carbocycles. The summed E-state index contributed by atoms with van der Waals surface area (Å²) in [5.74, 6) is -0.459. The molecular formula is C13H13N3O3S. The molecule has 6 nitrogen and oxygen atoms in total. The van der Waals surface area contributed by atoms with Crippen molar-refractivity contribution in [3.05, 3.63) is 55.8 Å². The second-order valence-electron chi connectivity index (χ2n) is 4.28. The van der Waals surface area contributed by atoms with Gasteiger partial charge < -0.3 is 11.1 Å². The minimum absolute atomic E-state index is 0.0436. The van der Waals surface area contributed by atoms with E-state index in [-0.39, 0.29) is 5.69 Å². The van der Waals surface area contributed by atoms with Gasteiger partial charge in [0.15, 0.2) is 0 Å². The van der Waals surface area contributed by atoms with Gasteiger partial charge in [-0.1, -0.05) is 6.07 Å². The van der Waals surface area contributed by atoms with E-state index in [1.165, 1.54) is 23.5 Å². The van der Waals surface area contributed by atoms with Crippen LogP contribution in [0.2, 0.25) is 0 Å². The van der Waals surface area contributed by atoms with Gasteiger partial charge in [-0.15, -0.1) is 11.3 Å². The molecule has 0 radical (unpaired) electrons. The summed E-state index contributed by atoms with van der Waals surface area (Å²) in [5, 5.41) is 15.6. The average molecular weight is 291 g/mol. The van der Waals surface area contributed by atoms with Gasteiger partial charge in [0.1, 0.15) is 0 Å². The van der Waals surface area contributed by atoms with Gasteiger partial charge in [0.05, 0.1) is 10.5 Å². The van der Waals surface area contributed by atoms with Crippen molar-refractivity contribution in [1.29, 1.82) is 0 Å². The lowest BCUT2D eigenvalue weighted by Crippen LogP contribution is -2.09. The number of nitro benzene ring substituents is 1. The number of benzene rings is 1. The van der Waals surface area contributed by atoms with E-state index >= 15 is 0 Å². The van der Waals surface area contributed by atoms with E-state index < -0.39 is 10.8 Å². The number of hydrogen-bond acceptors (Lipinski definition) is 5. The smallest absolute Gasteiger partial charge is 0.271 e. The number of carbonyl (C=O) groups excluding carboxylic acids is 1. The molecular weight excluding hydrogens is 278 g/mol. The summed E-state index contributed by atoms with van der Waals surface area (Å²) in [5.41, 5.74) is 7.32. The van der Waals surface area contributed by atoms with Gasteiger partial charge in [0, 0.05) is 34.6 Å². The summed E-state index contributed by atoms with van der Waals surface area (Å²) in [6.45, 7) is 2.36. The van der Waals surface area contributed by atoms with Crippen LogP contribution in [0, 0.1) is 17.0 Å². The van der Waals surface area contributed by atoms with Gasteiger partial charge in [0.2, 0.25) is 5.91 Å². The summed E-state index contributed by atoms with van der Waals surface area (Å²) in [7, 11) is 0. The number of non-ortho nitro benzene ring substituents is 1. The minimum Gasteiger partial charge on any atom is -0.380 e. The van der Waals surface area contributed by atoms with E-state index in [4.69, 9.17) is 5.73 Å². The van der Waals surface area contributed by atoms with Crippen LogP contribution in [0.15, 0.2) is 29.6 Å². The molecule has 0 bridgehead atoms. The highest BCUT2D eigenvalue weighted by Crippen LogP contribution is 2.23. The maximum atomic E-state index is 11.0. The number of primary amides is 1. The number of nitrogens with zero attached hydrogens (tertiary/aromatic N) is 1. The largest absolute Gasteiger partial charge is 0.380 e. The monoisotopic (exact) mass is 291 g/mol. The number of nitrogens with two attached hydrogens (primary N) is 1. The van der Waals surface area contributed by atoms with Crippen molar-refractivity contribution < 1.29 is 9.72 Å². The first-order valence-corrected chi connectivity index (χ1v) is 6.71. The van der Waals surface area contributed by atoms with Crippen LogP contribution in [0.4, 0.5) is 11.4 Å². The molecule has 0 unspecified atom stereocenters. The Bertz CT molecular complexity index is 667. The Labute approximate surface area is 119 Å². The van der Waals surface area contributed by atoms with Crippen LogP contribution in [0.1, 0.15) is 20.8 Å². The van der Waals surface area contributed by atoms with E-state index in [1.54, 1.807) is 17.5 Å². The third-order valence-corrected chi connectivity index (χ3v) is 3.76. The van der Waals surface area contributed by atoms with Crippen LogP contribution in [-0.4, -0.2) is 10.8 Å². The fraction of sp³-hybridized carbons (Fsp3) is 0.154. The van der Waals surface area contributed by atoms with E-state index in [0.717, 1.165) is 10.4 Å². The Hall–Kier alpha value is -2.41. The predicted molar refractivity (Wildman–Crippen MR) is 78.0 cm³/mol. The standard InChI is InChI=1S/C13H13N3O3S/c1-8-2-3-10(16(18)19)5-12(8)15-6-11-4-9(7-20-11)13(14)17/h2-5,7,15H,6H2,1H3,(H2,14,17). The Morgan fingerprint density at radius 1 is 1.45 bits per heavy atom. The fourth-order valence-electron chi connectivity index (χ4n) is 1.70. The van der Waals surface area contributed by atoms with Gasteiger partial charge in [0.25, 0.3) is 5.69 Å². The SMILES string of the molecule is Cc1ccc([N+](=O)[O-])cc1NCc1cc(C(N)=O)cs1. The first kappa shape index (κ1) is 14.0. The van der Waals surface area contributed by atoms with Crippen LogP contribution in [0.5, 0.6) is 0 Å². The van der Waals surface area contributed by atoms with Crippen molar-refractivity contribution in [3.63, 3.8) is 0 Å². The van der Waals surface area contributed by atoms with E-state index in [9.17, 15) is 14.9 Å². The van der Waals surface area contributed by atoms with Crippen molar-refractivity contribution in [1.82, 2.24) is 0 Å². The molecule has 0 aliphatic rings. The highest BCUT2D eigenvalue weighted by molar-refractivity contribution is 7.10. The number of anilines is 1. The van der Waals surface area contributed by atoms with E-state index in [2.05, 4.69) is 5.32 Å². The summed E-state index contributed by atoms with van der Waals surface area (Å²) in [4.78, 5) is 22.2. The molecule has 0 spiro atoms. The normalized spacial score (nSPS) is 10.2. The molecule has 1 aromatic heterocycles. The zero-order valence-corrected chi connectivity index (χ0v) is 11.6. The zero-order valence-electron chi connectivity index (χ0n) is 10.8. The lowest BCUT2D eigenvalue weighted by atomic mass is 10.2. The lowest BCUT2D eigenvalue weighted by molar-refractivity contribution is -0.384. The van der Waals surface area contributed by atoms with Crippen molar-refractivity contribution in [2.24, 2.45) is 5.73 Å². The van der Waals surface area contributed by atoms with E-state index in [1.807, 2.05) is 6.92 Å². The molecule has 0 aliphatic heterocycles. The molecule has 2 aromatic rings. The van der Waals surface area contributed by atoms with Crippen molar-refractivity contribution in [2.45, 2.75) is 13.5 Å². The van der Waals surface area contributed by atoms with Crippen LogP contribution >= 0.6 is 11.3 Å². The molecule has 1 amide bonds. The van der Waals surface area contributed by atoms with Crippen molar-refractivity contribution in [3.8, 4) is 0 Å². The Kier molecular flexibility index (Phi) is 3.99. The summed E-state index contributed by atoms with van der Waals surface area (Å²) in [6, 6.07) is 6.38. The number of nitro groups is 1. The maximum absolute atomic E-state index is 11.0. The summed E-state index contributed by atoms with van der Waals surface area (Å²) < 4.78 is 0. The minimum atomic E-state index is -0.459. The van der Waals surface area contributed by atoms with Gasteiger partial charge in [-0.25, -0.2) is 0 Å².